The van der Waals surface area contributed by atoms with Crippen molar-refractivity contribution in [2.45, 2.75) is 25.9 Å². The molecule has 1 fully saturated rings. The summed E-state index contributed by atoms with van der Waals surface area (Å²) in [6.07, 6.45) is 1.82. The van der Waals surface area contributed by atoms with Crippen LogP contribution in [0.15, 0.2) is 54.7 Å². The van der Waals surface area contributed by atoms with Crippen LogP contribution in [0.2, 0.25) is 0 Å². The maximum atomic E-state index is 12.1. The van der Waals surface area contributed by atoms with Crippen molar-refractivity contribution in [1.82, 2.24) is 24.7 Å². The molecule has 0 bridgehead atoms. The minimum Gasteiger partial charge on any atom is -0.465 e. The topological polar surface area (TPSA) is 62.6 Å². The number of nitrogens with zero attached hydrogens (tertiary/aromatic N) is 4. The fraction of sp³-hybridized carbons (Fsp3) is 0.346. The van der Waals surface area contributed by atoms with E-state index in [0.717, 1.165) is 41.0 Å². The van der Waals surface area contributed by atoms with E-state index in [1.54, 1.807) is 6.07 Å². The van der Waals surface area contributed by atoms with Gasteiger partial charge in [-0.05, 0) is 82.1 Å². The van der Waals surface area contributed by atoms with Gasteiger partial charge in [0.05, 0.1) is 30.5 Å². The summed E-state index contributed by atoms with van der Waals surface area (Å²) >= 11 is 5.79. The van der Waals surface area contributed by atoms with Gasteiger partial charge in [0.1, 0.15) is 0 Å². The van der Waals surface area contributed by atoms with E-state index < -0.39 is 0 Å². The second-order valence-corrected chi connectivity index (χ2v) is 9.21. The molecule has 3 heterocycles. The van der Waals surface area contributed by atoms with Gasteiger partial charge in [-0.2, -0.15) is 0 Å². The van der Waals surface area contributed by atoms with Crippen LogP contribution in [0.1, 0.15) is 45.1 Å². The number of likely N-dealkylation sites (N-methyl/N-ethyl adjacent to an activating group) is 1. The Hall–Kier alpha value is -3.23. The third-order valence-electron chi connectivity index (χ3n) is 6.30. The van der Waals surface area contributed by atoms with Crippen LogP contribution < -0.4 is 5.32 Å². The highest BCUT2D eigenvalue weighted by Gasteiger charge is 2.41. The summed E-state index contributed by atoms with van der Waals surface area (Å²) in [5.41, 5.74) is 5.78. The van der Waals surface area contributed by atoms with Crippen LogP contribution in [0.5, 0.6) is 0 Å². The quantitative estimate of drug-likeness (QED) is 0.410. The van der Waals surface area contributed by atoms with Crippen molar-refractivity contribution in [2.24, 2.45) is 0 Å². The number of nitrogens with one attached hydrogen (secondary N) is 1. The molecule has 1 aliphatic heterocycles. The summed E-state index contributed by atoms with van der Waals surface area (Å²) < 4.78 is 7.10. The van der Waals surface area contributed by atoms with Crippen molar-refractivity contribution in [3.63, 3.8) is 0 Å². The highest BCUT2D eigenvalue weighted by atomic mass is 32.1. The molecule has 0 saturated carbocycles. The Morgan fingerprint density at radius 2 is 1.97 bits per heavy atom. The minimum atomic E-state index is -0.347. The van der Waals surface area contributed by atoms with Gasteiger partial charge >= 0.3 is 5.97 Å². The predicted molar refractivity (Wildman–Crippen MR) is 137 cm³/mol. The Kier molecular flexibility index (Phi) is 7.00. The van der Waals surface area contributed by atoms with Crippen molar-refractivity contribution >= 4 is 23.3 Å². The summed E-state index contributed by atoms with van der Waals surface area (Å²) in [6, 6.07) is 15.7. The minimum absolute atomic E-state index is 0.00825. The molecule has 178 valence electrons. The van der Waals surface area contributed by atoms with Gasteiger partial charge in [0, 0.05) is 36.4 Å². The van der Waals surface area contributed by atoms with Crippen molar-refractivity contribution in [3.8, 4) is 5.69 Å². The van der Waals surface area contributed by atoms with Gasteiger partial charge in [0.25, 0.3) is 0 Å². The summed E-state index contributed by atoms with van der Waals surface area (Å²) in [4.78, 5) is 21.2. The molecule has 1 aromatic carbocycles. The zero-order chi connectivity index (χ0) is 24.4. The Labute approximate surface area is 206 Å². The Balaban J connectivity index is 1.80. The molecule has 0 radical (unpaired) electrons. The molecule has 1 aliphatic rings. The third kappa shape index (κ3) is 4.56. The second kappa shape index (κ2) is 9.95. The lowest BCUT2D eigenvalue weighted by atomic mass is 9.96. The van der Waals surface area contributed by atoms with Gasteiger partial charge < -0.3 is 24.4 Å². The van der Waals surface area contributed by atoms with Gasteiger partial charge in [-0.1, -0.05) is 12.1 Å². The van der Waals surface area contributed by atoms with Crippen molar-refractivity contribution in [1.29, 1.82) is 0 Å². The average molecular weight is 478 g/mol. The first kappa shape index (κ1) is 23.9. The molecule has 1 N–H and O–H groups in total. The molecular formula is C26H31N5O2S. The monoisotopic (exact) mass is 477 g/mol. The maximum absolute atomic E-state index is 12.1. The first-order valence-electron chi connectivity index (χ1n) is 11.3. The number of hydrogen-bond donors (Lipinski definition) is 1. The number of esters is 1. The molecule has 0 spiro atoms. The lowest BCUT2D eigenvalue weighted by molar-refractivity contribution is 0.0600. The first-order valence-corrected chi connectivity index (χ1v) is 11.7. The molecule has 0 unspecified atom stereocenters. The summed E-state index contributed by atoms with van der Waals surface area (Å²) in [5.74, 6) is -0.347. The van der Waals surface area contributed by atoms with Crippen LogP contribution in [-0.2, 0) is 4.74 Å². The molecule has 0 aliphatic carbocycles. The molecule has 7 nitrogen and oxygen atoms in total. The van der Waals surface area contributed by atoms with Crippen LogP contribution in [0.25, 0.3) is 5.69 Å². The zero-order valence-corrected chi connectivity index (χ0v) is 21.1. The van der Waals surface area contributed by atoms with Gasteiger partial charge in [-0.25, -0.2) is 4.79 Å². The van der Waals surface area contributed by atoms with E-state index in [1.807, 2.05) is 42.6 Å². The van der Waals surface area contributed by atoms with Gasteiger partial charge in [0.15, 0.2) is 5.11 Å². The molecule has 4 rings (SSSR count). The molecule has 2 atom stereocenters. The number of methoxy groups -OCH3 is 1. The average Bonchev–Trinajstić information content (AvgIpc) is 3.32. The number of carbonyl (C=O) groups excluding carboxylic acids is 1. The Bertz CT molecular complexity index is 1190. The van der Waals surface area contributed by atoms with Gasteiger partial charge in [-0.15, -0.1) is 0 Å². The highest BCUT2D eigenvalue weighted by molar-refractivity contribution is 7.80. The standard InChI is InChI=1S/C26H31N5O2S/c1-17-15-21(18(2)31(17)20-10-8-9-19(16-20)25(32)33-5)24-23(22-11-6-7-12-27-22)28-26(34)30(24)14-13-29(3)4/h6-12,15-16,23-24H,13-14H2,1-5H3,(H,28,34)/t23-,24+/m0/s1. The Morgan fingerprint density at radius 3 is 2.65 bits per heavy atom. The number of aromatic nitrogens is 2. The second-order valence-electron chi connectivity index (χ2n) is 8.83. The lowest BCUT2D eigenvalue weighted by Crippen LogP contribution is -2.35. The zero-order valence-electron chi connectivity index (χ0n) is 20.3. The largest absolute Gasteiger partial charge is 0.465 e. The van der Waals surface area contributed by atoms with Crippen LogP contribution in [0.3, 0.4) is 0 Å². The van der Waals surface area contributed by atoms with E-state index in [4.69, 9.17) is 17.0 Å². The molecule has 2 aromatic heterocycles. The summed E-state index contributed by atoms with van der Waals surface area (Å²) in [5, 5.41) is 4.26. The molecule has 0 amide bonds. The number of pyridine rings is 1. The number of thiocarbonyl (C=S) groups is 1. The number of rotatable bonds is 7. The molecule has 3 aromatic rings. The van der Waals surface area contributed by atoms with E-state index in [-0.39, 0.29) is 18.1 Å². The molecule has 34 heavy (non-hydrogen) atoms. The van der Waals surface area contributed by atoms with E-state index in [0.29, 0.717) is 5.56 Å². The molecule has 1 saturated heterocycles. The van der Waals surface area contributed by atoms with Gasteiger partial charge in [0.2, 0.25) is 0 Å². The number of hydrogen-bond acceptors (Lipinski definition) is 5. The van der Waals surface area contributed by atoms with E-state index in [9.17, 15) is 4.79 Å². The first-order chi connectivity index (χ1) is 16.3. The van der Waals surface area contributed by atoms with Crippen LogP contribution >= 0.6 is 12.2 Å². The maximum Gasteiger partial charge on any atom is 0.337 e. The van der Waals surface area contributed by atoms with E-state index in [1.165, 1.54) is 12.7 Å². The number of aryl methyl sites for hydroxylation is 1. The van der Waals surface area contributed by atoms with Crippen molar-refractivity contribution in [3.05, 3.63) is 82.9 Å². The van der Waals surface area contributed by atoms with Gasteiger partial charge in [-0.3, -0.25) is 4.98 Å². The summed E-state index contributed by atoms with van der Waals surface area (Å²) in [7, 11) is 5.53. The SMILES string of the molecule is COC(=O)c1cccc(-n2c(C)cc([C@@H]3[C@H](c4ccccn4)NC(=S)N3CCN(C)C)c2C)c1. The lowest BCUT2D eigenvalue weighted by Gasteiger charge is -2.29. The van der Waals surface area contributed by atoms with Crippen LogP contribution in [-0.4, -0.2) is 64.7 Å². The number of ether oxygens (including phenoxy) is 1. The normalized spacial score (nSPS) is 17.8. The fourth-order valence-corrected chi connectivity index (χ4v) is 5.00. The van der Waals surface area contributed by atoms with Crippen LogP contribution in [0, 0.1) is 13.8 Å². The number of carbonyl (C=O) groups is 1. The van der Waals surface area contributed by atoms with Crippen LogP contribution in [0.4, 0.5) is 0 Å². The van der Waals surface area contributed by atoms with E-state index >= 15 is 0 Å². The summed E-state index contributed by atoms with van der Waals surface area (Å²) in [6.45, 7) is 5.89. The van der Waals surface area contributed by atoms with E-state index in [2.05, 4.69) is 58.7 Å². The smallest absolute Gasteiger partial charge is 0.337 e. The van der Waals surface area contributed by atoms with Crippen molar-refractivity contribution in [2.75, 3.05) is 34.3 Å². The Morgan fingerprint density at radius 1 is 1.18 bits per heavy atom. The van der Waals surface area contributed by atoms with Crippen molar-refractivity contribution < 1.29 is 9.53 Å². The third-order valence-corrected chi connectivity index (χ3v) is 6.65. The highest BCUT2D eigenvalue weighted by Crippen LogP contribution is 2.41. The molecule has 8 heteroatoms. The predicted octanol–water partition coefficient (Wildman–Crippen LogP) is 3.81. The fourth-order valence-electron chi connectivity index (χ4n) is 4.67. The molecular weight excluding hydrogens is 446 g/mol. The number of benzene rings is 1.